The van der Waals surface area contributed by atoms with Crippen LogP contribution in [0.1, 0.15) is 5.56 Å². The SMILES string of the molecule is Cn1nnnc1Sc1cccc(Br)c1CN. The summed E-state index contributed by atoms with van der Waals surface area (Å²) in [4.78, 5) is 1.06. The average Bonchev–Trinajstić information content (AvgIpc) is 2.65. The largest absolute Gasteiger partial charge is 0.326 e. The van der Waals surface area contributed by atoms with Gasteiger partial charge in [0.05, 0.1) is 0 Å². The number of aryl methyl sites for hydroxylation is 1. The Morgan fingerprint density at radius 3 is 2.94 bits per heavy atom. The maximum absolute atomic E-state index is 5.72. The van der Waals surface area contributed by atoms with Crippen molar-refractivity contribution in [1.82, 2.24) is 20.2 Å². The summed E-state index contributed by atoms with van der Waals surface area (Å²) < 4.78 is 2.64. The Hall–Kier alpha value is -0.920. The molecular weight excluding hydrogens is 290 g/mol. The lowest BCUT2D eigenvalue weighted by Gasteiger charge is -2.07. The van der Waals surface area contributed by atoms with Gasteiger partial charge >= 0.3 is 0 Å². The van der Waals surface area contributed by atoms with E-state index in [0.717, 1.165) is 20.1 Å². The lowest BCUT2D eigenvalue weighted by molar-refractivity contribution is 0.664. The van der Waals surface area contributed by atoms with E-state index < -0.39 is 0 Å². The molecule has 2 rings (SSSR count). The normalized spacial score (nSPS) is 10.7. The first-order chi connectivity index (χ1) is 7.72. The van der Waals surface area contributed by atoms with Crippen molar-refractivity contribution in [3.8, 4) is 0 Å². The third-order valence-electron chi connectivity index (χ3n) is 2.06. The van der Waals surface area contributed by atoms with Crippen LogP contribution >= 0.6 is 27.7 Å². The molecule has 2 N–H and O–H groups in total. The molecule has 16 heavy (non-hydrogen) atoms. The zero-order chi connectivity index (χ0) is 11.5. The predicted octanol–water partition coefficient (Wildman–Crippen LogP) is 1.58. The first kappa shape index (κ1) is 11.6. The second kappa shape index (κ2) is 4.94. The summed E-state index contributed by atoms with van der Waals surface area (Å²) in [6, 6.07) is 5.95. The fraction of sp³-hybridized carbons (Fsp3) is 0.222. The Balaban J connectivity index is 2.35. The Morgan fingerprint density at radius 1 is 1.50 bits per heavy atom. The van der Waals surface area contributed by atoms with Gasteiger partial charge in [-0.25, -0.2) is 4.68 Å². The van der Waals surface area contributed by atoms with Crippen molar-refractivity contribution < 1.29 is 0 Å². The Labute approximate surface area is 106 Å². The van der Waals surface area contributed by atoms with Crippen LogP contribution in [0.15, 0.2) is 32.7 Å². The van der Waals surface area contributed by atoms with Crippen LogP contribution in [0.4, 0.5) is 0 Å². The number of hydrogen-bond acceptors (Lipinski definition) is 5. The highest BCUT2D eigenvalue weighted by atomic mass is 79.9. The van der Waals surface area contributed by atoms with E-state index in [2.05, 4.69) is 31.5 Å². The van der Waals surface area contributed by atoms with Gasteiger partial charge < -0.3 is 5.73 Å². The Morgan fingerprint density at radius 2 is 2.31 bits per heavy atom. The lowest BCUT2D eigenvalue weighted by Crippen LogP contribution is -2.00. The summed E-state index contributed by atoms with van der Waals surface area (Å²) in [5.41, 5.74) is 6.78. The third kappa shape index (κ3) is 2.26. The predicted molar refractivity (Wildman–Crippen MR) is 65.0 cm³/mol. The summed E-state index contributed by atoms with van der Waals surface area (Å²) >= 11 is 4.98. The molecule has 0 unspecified atom stereocenters. The summed E-state index contributed by atoms with van der Waals surface area (Å²) in [5, 5.41) is 12.0. The van der Waals surface area contributed by atoms with Gasteiger partial charge in [-0.15, -0.1) is 5.10 Å². The van der Waals surface area contributed by atoms with E-state index in [1.807, 2.05) is 25.2 Å². The van der Waals surface area contributed by atoms with Gasteiger partial charge in [0.25, 0.3) is 0 Å². The van der Waals surface area contributed by atoms with Gasteiger partial charge in [-0.05, 0) is 39.9 Å². The van der Waals surface area contributed by atoms with Crippen LogP contribution in [0.5, 0.6) is 0 Å². The van der Waals surface area contributed by atoms with Crippen molar-refractivity contribution in [3.63, 3.8) is 0 Å². The van der Waals surface area contributed by atoms with Crippen molar-refractivity contribution in [1.29, 1.82) is 0 Å². The monoisotopic (exact) mass is 299 g/mol. The van der Waals surface area contributed by atoms with Crippen molar-refractivity contribution >= 4 is 27.7 Å². The minimum Gasteiger partial charge on any atom is -0.326 e. The molecule has 1 heterocycles. The number of benzene rings is 1. The summed E-state index contributed by atoms with van der Waals surface area (Å²) in [7, 11) is 1.81. The quantitative estimate of drug-likeness (QED) is 0.932. The third-order valence-corrected chi connectivity index (χ3v) is 3.94. The van der Waals surface area contributed by atoms with Crippen LogP contribution in [0.25, 0.3) is 0 Å². The molecule has 0 fully saturated rings. The van der Waals surface area contributed by atoms with Crippen LogP contribution in [0.2, 0.25) is 0 Å². The van der Waals surface area contributed by atoms with Gasteiger partial charge in [0.15, 0.2) is 0 Å². The molecule has 0 aliphatic rings. The van der Waals surface area contributed by atoms with Crippen molar-refractivity contribution in [2.75, 3.05) is 0 Å². The van der Waals surface area contributed by atoms with Gasteiger partial charge in [-0.3, -0.25) is 0 Å². The van der Waals surface area contributed by atoms with Crippen LogP contribution < -0.4 is 5.73 Å². The van der Waals surface area contributed by atoms with E-state index in [4.69, 9.17) is 5.73 Å². The first-order valence-corrected chi connectivity index (χ1v) is 6.21. The number of nitrogens with two attached hydrogens (primary N) is 1. The van der Waals surface area contributed by atoms with Crippen molar-refractivity contribution in [2.45, 2.75) is 16.6 Å². The minimum absolute atomic E-state index is 0.481. The summed E-state index contributed by atoms with van der Waals surface area (Å²) in [6.45, 7) is 0.481. The summed E-state index contributed by atoms with van der Waals surface area (Å²) in [5.74, 6) is 0. The fourth-order valence-corrected chi connectivity index (χ4v) is 2.80. The molecule has 0 radical (unpaired) electrons. The highest BCUT2D eigenvalue weighted by Gasteiger charge is 2.10. The lowest BCUT2D eigenvalue weighted by atomic mass is 10.2. The second-order valence-corrected chi connectivity index (χ2v) is 4.97. The molecule has 0 aliphatic carbocycles. The Kier molecular flexibility index (Phi) is 3.57. The molecule has 1 aromatic heterocycles. The molecule has 2 aromatic rings. The topological polar surface area (TPSA) is 69.6 Å². The molecule has 0 atom stereocenters. The smallest absolute Gasteiger partial charge is 0.213 e. The number of hydrogen-bond donors (Lipinski definition) is 1. The molecule has 0 saturated heterocycles. The highest BCUT2D eigenvalue weighted by molar-refractivity contribution is 9.10. The molecule has 7 heteroatoms. The van der Waals surface area contributed by atoms with E-state index >= 15 is 0 Å². The van der Waals surface area contributed by atoms with Crippen molar-refractivity contribution in [2.24, 2.45) is 12.8 Å². The first-order valence-electron chi connectivity index (χ1n) is 4.60. The minimum atomic E-state index is 0.481. The van der Waals surface area contributed by atoms with Gasteiger partial charge in [-0.2, -0.15) is 0 Å². The molecule has 5 nitrogen and oxygen atoms in total. The number of halogens is 1. The van der Waals surface area contributed by atoms with Gasteiger partial charge in [0.2, 0.25) is 5.16 Å². The van der Waals surface area contributed by atoms with Gasteiger partial charge in [0.1, 0.15) is 0 Å². The van der Waals surface area contributed by atoms with Crippen LogP contribution in [0.3, 0.4) is 0 Å². The number of aromatic nitrogens is 4. The highest BCUT2D eigenvalue weighted by Crippen LogP contribution is 2.31. The molecule has 0 spiro atoms. The molecule has 0 aliphatic heterocycles. The molecule has 1 aromatic carbocycles. The number of tetrazole rings is 1. The van der Waals surface area contributed by atoms with Crippen LogP contribution in [-0.2, 0) is 13.6 Å². The van der Waals surface area contributed by atoms with Crippen LogP contribution in [-0.4, -0.2) is 20.2 Å². The molecule has 0 amide bonds. The number of rotatable bonds is 3. The van der Waals surface area contributed by atoms with Crippen molar-refractivity contribution in [3.05, 3.63) is 28.2 Å². The molecule has 0 saturated carbocycles. The molecule has 84 valence electrons. The molecule has 0 bridgehead atoms. The molecular formula is C9H10BrN5S. The van der Waals surface area contributed by atoms with E-state index in [1.165, 1.54) is 11.8 Å². The van der Waals surface area contributed by atoms with Gasteiger partial charge in [0, 0.05) is 23.0 Å². The maximum atomic E-state index is 5.72. The average molecular weight is 300 g/mol. The van der Waals surface area contributed by atoms with E-state index in [1.54, 1.807) is 4.68 Å². The fourth-order valence-electron chi connectivity index (χ4n) is 1.24. The number of nitrogens with zero attached hydrogens (tertiary/aromatic N) is 4. The van der Waals surface area contributed by atoms with E-state index in [9.17, 15) is 0 Å². The van der Waals surface area contributed by atoms with Crippen LogP contribution in [0, 0.1) is 0 Å². The van der Waals surface area contributed by atoms with Gasteiger partial charge in [-0.1, -0.05) is 22.0 Å². The standard InChI is InChI=1S/C9H10BrN5S/c1-15-9(12-13-14-15)16-8-4-2-3-7(10)6(8)5-11/h2-4H,5,11H2,1H3. The van der Waals surface area contributed by atoms with E-state index in [0.29, 0.717) is 6.54 Å². The van der Waals surface area contributed by atoms with E-state index in [-0.39, 0.29) is 0 Å². The summed E-state index contributed by atoms with van der Waals surface area (Å²) in [6.07, 6.45) is 0. The second-order valence-electron chi connectivity index (χ2n) is 3.11. The zero-order valence-electron chi connectivity index (χ0n) is 8.59. The zero-order valence-corrected chi connectivity index (χ0v) is 11.0. The maximum Gasteiger partial charge on any atom is 0.213 e. The Bertz CT molecular complexity index is 498.